The van der Waals surface area contributed by atoms with Crippen molar-refractivity contribution in [3.63, 3.8) is 0 Å². The highest BCUT2D eigenvalue weighted by molar-refractivity contribution is 6.01. The van der Waals surface area contributed by atoms with E-state index in [9.17, 15) is 9.59 Å². The SMILES string of the molecule is CCOC(=O)c1cc(NC(=O)C2(c3ccc(C)cc3)CCCC2)ccc1OCC(C)C. The van der Waals surface area contributed by atoms with Gasteiger partial charge in [-0.3, -0.25) is 4.79 Å². The summed E-state index contributed by atoms with van der Waals surface area (Å²) >= 11 is 0. The van der Waals surface area contributed by atoms with Crippen LogP contribution in [0.5, 0.6) is 5.75 Å². The molecule has 0 radical (unpaired) electrons. The fraction of sp³-hybridized carbons (Fsp3) is 0.462. The van der Waals surface area contributed by atoms with E-state index in [0.717, 1.165) is 31.2 Å². The topological polar surface area (TPSA) is 64.6 Å². The minimum absolute atomic E-state index is 0.0282. The molecular weight excluding hydrogens is 390 g/mol. The van der Waals surface area contributed by atoms with Gasteiger partial charge in [0, 0.05) is 5.69 Å². The Balaban J connectivity index is 1.87. The van der Waals surface area contributed by atoms with Crippen LogP contribution in [0.1, 0.15) is 67.9 Å². The largest absolute Gasteiger partial charge is 0.492 e. The molecule has 31 heavy (non-hydrogen) atoms. The van der Waals surface area contributed by atoms with Gasteiger partial charge in [-0.15, -0.1) is 0 Å². The Morgan fingerprint density at radius 1 is 1.06 bits per heavy atom. The van der Waals surface area contributed by atoms with E-state index in [1.165, 1.54) is 5.56 Å². The van der Waals surface area contributed by atoms with Crippen LogP contribution < -0.4 is 10.1 Å². The summed E-state index contributed by atoms with van der Waals surface area (Å²) < 4.78 is 11.0. The maximum absolute atomic E-state index is 13.5. The smallest absolute Gasteiger partial charge is 0.341 e. The molecule has 166 valence electrons. The van der Waals surface area contributed by atoms with Crippen LogP contribution in [-0.4, -0.2) is 25.1 Å². The van der Waals surface area contributed by atoms with Crippen LogP contribution in [0.25, 0.3) is 0 Å². The van der Waals surface area contributed by atoms with E-state index in [-0.39, 0.29) is 12.5 Å². The van der Waals surface area contributed by atoms with Gasteiger partial charge in [0.15, 0.2) is 0 Å². The maximum atomic E-state index is 13.5. The summed E-state index contributed by atoms with van der Waals surface area (Å²) in [6, 6.07) is 13.4. The standard InChI is InChI=1S/C26H33NO4/c1-5-30-24(28)22-16-21(12-13-23(22)31-17-18(2)3)27-25(29)26(14-6-7-15-26)20-10-8-19(4)9-11-20/h8-13,16,18H,5-7,14-15,17H2,1-4H3,(H,27,29). The van der Waals surface area contributed by atoms with Crippen molar-refractivity contribution in [3.05, 3.63) is 59.2 Å². The van der Waals surface area contributed by atoms with Crippen LogP contribution in [0.3, 0.4) is 0 Å². The number of nitrogens with one attached hydrogen (secondary N) is 1. The third kappa shape index (κ3) is 5.27. The zero-order valence-electron chi connectivity index (χ0n) is 19.0. The van der Waals surface area contributed by atoms with Crippen molar-refractivity contribution in [1.29, 1.82) is 0 Å². The van der Waals surface area contributed by atoms with E-state index in [1.807, 2.05) is 20.8 Å². The summed E-state index contributed by atoms with van der Waals surface area (Å²) in [6.45, 7) is 8.67. The molecule has 0 heterocycles. The number of hydrogen-bond donors (Lipinski definition) is 1. The first kappa shape index (κ1) is 22.9. The van der Waals surface area contributed by atoms with Gasteiger partial charge in [0.2, 0.25) is 5.91 Å². The highest BCUT2D eigenvalue weighted by Gasteiger charge is 2.42. The average Bonchev–Trinajstić information content (AvgIpc) is 3.24. The average molecular weight is 424 g/mol. The van der Waals surface area contributed by atoms with Crippen molar-refractivity contribution in [1.82, 2.24) is 0 Å². The summed E-state index contributed by atoms with van der Waals surface area (Å²) in [5.74, 6) is 0.316. The number of hydrogen-bond acceptors (Lipinski definition) is 4. The Bertz CT molecular complexity index is 912. The number of carbonyl (C=O) groups is 2. The fourth-order valence-corrected chi connectivity index (χ4v) is 4.11. The van der Waals surface area contributed by atoms with Gasteiger partial charge < -0.3 is 14.8 Å². The molecule has 0 bridgehead atoms. The molecule has 1 aliphatic carbocycles. The minimum Gasteiger partial charge on any atom is -0.492 e. The molecule has 1 aliphatic rings. The third-order valence-electron chi connectivity index (χ3n) is 5.80. The second kappa shape index (κ2) is 9.99. The second-order valence-electron chi connectivity index (χ2n) is 8.75. The molecule has 0 saturated heterocycles. The number of amides is 1. The Kier molecular flexibility index (Phi) is 7.37. The predicted octanol–water partition coefficient (Wildman–Crippen LogP) is 5.66. The van der Waals surface area contributed by atoms with Gasteiger partial charge in [-0.1, -0.05) is 56.5 Å². The molecule has 0 spiro atoms. The first-order valence-corrected chi connectivity index (χ1v) is 11.2. The molecule has 1 saturated carbocycles. The molecule has 5 nitrogen and oxygen atoms in total. The van der Waals surface area contributed by atoms with Crippen molar-refractivity contribution in [3.8, 4) is 5.75 Å². The third-order valence-corrected chi connectivity index (χ3v) is 5.80. The number of ether oxygens (including phenoxy) is 2. The number of anilines is 1. The minimum atomic E-state index is -0.537. The highest BCUT2D eigenvalue weighted by Crippen LogP contribution is 2.42. The first-order valence-electron chi connectivity index (χ1n) is 11.2. The molecule has 0 unspecified atom stereocenters. The van der Waals surface area contributed by atoms with Crippen molar-refractivity contribution in [2.24, 2.45) is 5.92 Å². The summed E-state index contributed by atoms with van der Waals surface area (Å²) in [6.07, 6.45) is 3.69. The zero-order chi connectivity index (χ0) is 22.4. The summed E-state index contributed by atoms with van der Waals surface area (Å²) in [7, 11) is 0. The molecular formula is C26H33NO4. The lowest BCUT2D eigenvalue weighted by Crippen LogP contribution is -2.38. The van der Waals surface area contributed by atoms with Gasteiger partial charge in [-0.25, -0.2) is 4.79 Å². The Morgan fingerprint density at radius 2 is 1.74 bits per heavy atom. The maximum Gasteiger partial charge on any atom is 0.341 e. The fourth-order valence-electron chi connectivity index (χ4n) is 4.11. The Morgan fingerprint density at radius 3 is 2.35 bits per heavy atom. The van der Waals surface area contributed by atoms with E-state index in [2.05, 4.69) is 29.6 Å². The molecule has 1 amide bonds. The number of benzene rings is 2. The second-order valence-corrected chi connectivity index (χ2v) is 8.75. The Labute approximate surface area is 185 Å². The van der Waals surface area contributed by atoms with E-state index >= 15 is 0 Å². The summed E-state index contributed by atoms with van der Waals surface area (Å²) in [5.41, 5.74) is 2.59. The van der Waals surface area contributed by atoms with Crippen molar-refractivity contribution >= 4 is 17.6 Å². The molecule has 1 N–H and O–H groups in total. The van der Waals surface area contributed by atoms with Crippen LogP contribution in [-0.2, 0) is 14.9 Å². The summed E-state index contributed by atoms with van der Waals surface area (Å²) in [5, 5.41) is 3.06. The van der Waals surface area contributed by atoms with Gasteiger partial charge >= 0.3 is 5.97 Å². The molecule has 0 aromatic heterocycles. The van der Waals surface area contributed by atoms with Crippen LogP contribution in [0.2, 0.25) is 0 Å². The molecule has 2 aromatic carbocycles. The molecule has 0 atom stereocenters. The van der Waals surface area contributed by atoms with E-state index in [1.54, 1.807) is 25.1 Å². The van der Waals surface area contributed by atoms with Gasteiger partial charge in [-0.2, -0.15) is 0 Å². The van der Waals surface area contributed by atoms with E-state index in [0.29, 0.717) is 29.5 Å². The lowest BCUT2D eigenvalue weighted by Gasteiger charge is -2.28. The molecule has 0 aliphatic heterocycles. The monoisotopic (exact) mass is 423 g/mol. The number of aryl methyl sites for hydroxylation is 1. The normalized spacial score (nSPS) is 15.0. The van der Waals surface area contributed by atoms with Crippen molar-refractivity contribution in [2.45, 2.75) is 58.8 Å². The van der Waals surface area contributed by atoms with Crippen molar-refractivity contribution < 1.29 is 19.1 Å². The Hall–Kier alpha value is -2.82. The lowest BCUT2D eigenvalue weighted by atomic mass is 9.77. The summed E-state index contributed by atoms with van der Waals surface area (Å²) in [4.78, 5) is 26.0. The quantitative estimate of drug-likeness (QED) is 0.557. The number of carbonyl (C=O) groups excluding carboxylic acids is 2. The van der Waals surface area contributed by atoms with Crippen LogP contribution in [0.15, 0.2) is 42.5 Å². The van der Waals surface area contributed by atoms with Gasteiger partial charge in [-0.05, 0) is 56.4 Å². The molecule has 3 rings (SSSR count). The van der Waals surface area contributed by atoms with Crippen LogP contribution >= 0.6 is 0 Å². The number of esters is 1. The number of rotatable bonds is 8. The van der Waals surface area contributed by atoms with E-state index in [4.69, 9.17) is 9.47 Å². The lowest BCUT2D eigenvalue weighted by molar-refractivity contribution is -0.121. The first-order chi connectivity index (χ1) is 14.9. The van der Waals surface area contributed by atoms with Gasteiger partial charge in [0.25, 0.3) is 0 Å². The molecule has 1 fully saturated rings. The van der Waals surface area contributed by atoms with Crippen LogP contribution in [0, 0.1) is 12.8 Å². The zero-order valence-corrected chi connectivity index (χ0v) is 19.0. The van der Waals surface area contributed by atoms with Gasteiger partial charge in [0.1, 0.15) is 11.3 Å². The molecule has 5 heteroatoms. The van der Waals surface area contributed by atoms with Crippen LogP contribution in [0.4, 0.5) is 5.69 Å². The molecule has 2 aromatic rings. The highest BCUT2D eigenvalue weighted by atomic mass is 16.5. The van der Waals surface area contributed by atoms with Crippen molar-refractivity contribution in [2.75, 3.05) is 18.5 Å². The van der Waals surface area contributed by atoms with E-state index < -0.39 is 11.4 Å². The predicted molar refractivity (Wildman–Crippen MR) is 123 cm³/mol. The van der Waals surface area contributed by atoms with Gasteiger partial charge in [0.05, 0.1) is 18.6 Å².